The summed E-state index contributed by atoms with van der Waals surface area (Å²) in [7, 11) is 0. The third kappa shape index (κ3) is 5.70. The molecule has 152 valence electrons. The molecule has 0 radical (unpaired) electrons. The van der Waals surface area contributed by atoms with Crippen LogP contribution in [0.5, 0.6) is 5.75 Å². The van der Waals surface area contributed by atoms with E-state index in [4.69, 9.17) is 4.74 Å². The van der Waals surface area contributed by atoms with Gasteiger partial charge in [0.25, 0.3) is 5.91 Å². The molecule has 0 fully saturated rings. The van der Waals surface area contributed by atoms with Gasteiger partial charge in [0.05, 0.1) is 6.61 Å². The second-order valence-corrected chi connectivity index (χ2v) is 7.42. The molecule has 1 heterocycles. The predicted molar refractivity (Wildman–Crippen MR) is 114 cm³/mol. The minimum Gasteiger partial charge on any atom is -0.493 e. The third-order valence-electron chi connectivity index (χ3n) is 4.56. The quantitative estimate of drug-likeness (QED) is 0.510. The summed E-state index contributed by atoms with van der Waals surface area (Å²) < 4.78 is 22.5. The molecule has 0 saturated heterocycles. The number of rotatable bonds is 9. The molecule has 0 bridgehead atoms. The smallest absolute Gasteiger partial charge is 0.251 e. The van der Waals surface area contributed by atoms with E-state index in [0.717, 1.165) is 13.0 Å². The maximum absolute atomic E-state index is 14.5. The Bertz CT molecular complexity index is 936. The van der Waals surface area contributed by atoms with Gasteiger partial charge in [-0.15, -0.1) is 0 Å². The van der Waals surface area contributed by atoms with Crippen LogP contribution in [0, 0.1) is 11.7 Å². The van der Waals surface area contributed by atoms with Gasteiger partial charge in [-0.3, -0.25) is 4.79 Å². The molecule has 0 atom stereocenters. The lowest BCUT2D eigenvalue weighted by atomic mass is 10.0. The van der Waals surface area contributed by atoms with Gasteiger partial charge in [0.15, 0.2) is 0 Å². The highest BCUT2D eigenvalue weighted by molar-refractivity contribution is 5.96. The van der Waals surface area contributed by atoms with Gasteiger partial charge < -0.3 is 14.6 Å². The zero-order valence-corrected chi connectivity index (χ0v) is 16.9. The SMILES string of the molecule is CC(C)CNC(=O)c1ccc(OCCCn2cccc2)c(-c2ccccc2F)c1. The van der Waals surface area contributed by atoms with Crippen molar-refractivity contribution < 1.29 is 13.9 Å². The van der Waals surface area contributed by atoms with Gasteiger partial charge in [-0.05, 0) is 48.7 Å². The number of carbonyl (C=O) groups is 1. The fraction of sp³-hybridized carbons (Fsp3) is 0.292. The Labute approximate surface area is 171 Å². The maximum Gasteiger partial charge on any atom is 0.251 e. The summed E-state index contributed by atoms with van der Waals surface area (Å²) in [5, 5.41) is 2.90. The van der Waals surface area contributed by atoms with Crippen molar-refractivity contribution in [2.75, 3.05) is 13.2 Å². The van der Waals surface area contributed by atoms with E-state index in [9.17, 15) is 9.18 Å². The topological polar surface area (TPSA) is 43.3 Å². The highest BCUT2D eigenvalue weighted by Gasteiger charge is 2.15. The van der Waals surface area contributed by atoms with Gasteiger partial charge in [-0.1, -0.05) is 32.0 Å². The molecule has 0 aliphatic heterocycles. The molecule has 0 saturated carbocycles. The van der Waals surface area contributed by atoms with Crippen molar-refractivity contribution in [1.29, 1.82) is 0 Å². The van der Waals surface area contributed by atoms with E-state index < -0.39 is 0 Å². The number of aromatic nitrogens is 1. The van der Waals surface area contributed by atoms with Crippen LogP contribution in [-0.4, -0.2) is 23.6 Å². The second kappa shape index (κ2) is 9.92. The van der Waals surface area contributed by atoms with Gasteiger partial charge in [-0.25, -0.2) is 4.39 Å². The number of carbonyl (C=O) groups excluding carboxylic acids is 1. The van der Waals surface area contributed by atoms with Crippen LogP contribution in [0.15, 0.2) is 67.0 Å². The number of halogens is 1. The monoisotopic (exact) mass is 394 g/mol. The van der Waals surface area contributed by atoms with Crippen LogP contribution >= 0.6 is 0 Å². The molecule has 2 aromatic carbocycles. The zero-order valence-electron chi connectivity index (χ0n) is 16.9. The van der Waals surface area contributed by atoms with Crippen molar-refractivity contribution in [2.45, 2.75) is 26.8 Å². The second-order valence-electron chi connectivity index (χ2n) is 7.42. The molecule has 3 rings (SSSR count). The predicted octanol–water partition coefficient (Wildman–Crippen LogP) is 5.15. The average molecular weight is 394 g/mol. The fourth-order valence-corrected chi connectivity index (χ4v) is 3.03. The number of nitrogens with zero attached hydrogens (tertiary/aromatic N) is 1. The molecule has 1 aromatic heterocycles. The summed E-state index contributed by atoms with van der Waals surface area (Å²) in [5.74, 6) is 0.413. The normalized spacial score (nSPS) is 10.9. The van der Waals surface area contributed by atoms with Gasteiger partial charge in [-0.2, -0.15) is 0 Å². The first-order valence-corrected chi connectivity index (χ1v) is 9.95. The first-order valence-electron chi connectivity index (χ1n) is 9.95. The average Bonchev–Trinajstić information content (AvgIpc) is 3.23. The molecule has 0 unspecified atom stereocenters. The van der Waals surface area contributed by atoms with E-state index >= 15 is 0 Å². The largest absolute Gasteiger partial charge is 0.493 e. The Balaban J connectivity index is 1.79. The summed E-state index contributed by atoms with van der Waals surface area (Å²) >= 11 is 0. The number of nitrogens with one attached hydrogen (secondary N) is 1. The Morgan fingerprint density at radius 2 is 1.83 bits per heavy atom. The van der Waals surface area contributed by atoms with Crippen molar-refractivity contribution in [1.82, 2.24) is 9.88 Å². The van der Waals surface area contributed by atoms with E-state index in [-0.39, 0.29) is 11.7 Å². The minimum absolute atomic E-state index is 0.171. The molecule has 0 aliphatic rings. The lowest BCUT2D eigenvalue weighted by Crippen LogP contribution is -2.27. The summed E-state index contributed by atoms with van der Waals surface area (Å²) in [5.41, 5.74) is 1.50. The highest BCUT2D eigenvalue weighted by atomic mass is 19.1. The Hall–Kier alpha value is -3.08. The zero-order chi connectivity index (χ0) is 20.6. The number of aryl methyl sites for hydroxylation is 1. The van der Waals surface area contributed by atoms with E-state index in [2.05, 4.69) is 9.88 Å². The number of hydrogen-bond donors (Lipinski definition) is 1. The lowest BCUT2D eigenvalue weighted by molar-refractivity contribution is 0.0949. The van der Waals surface area contributed by atoms with Crippen LogP contribution in [-0.2, 0) is 6.54 Å². The molecule has 4 nitrogen and oxygen atoms in total. The highest BCUT2D eigenvalue weighted by Crippen LogP contribution is 2.33. The third-order valence-corrected chi connectivity index (χ3v) is 4.56. The fourth-order valence-electron chi connectivity index (χ4n) is 3.03. The molecule has 29 heavy (non-hydrogen) atoms. The molecule has 5 heteroatoms. The summed E-state index contributed by atoms with van der Waals surface area (Å²) in [6.07, 6.45) is 4.84. The molecule has 1 N–H and O–H groups in total. The van der Waals surface area contributed by atoms with E-state index in [1.807, 2.05) is 38.4 Å². The number of benzene rings is 2. The molecule has 1 amide bonds. The maximum atomic E-state index is 14.5. The number of amides is 1. The van der Waals surface area contributed by atoms with Crippen LogP contribution in [0.2, 0.25) is 0 Å². The molecule has 0 aliphatic carbocycles. The van der Waals surface area contributed by atoms with Crippen LogP contribution in [0.1, 0.15) is 30.6 Å². The van der Waals surface area contributed by atoms with E-state index in [1.54, 1.807) is 36.4 Å². The van der Waals surface area contributed by atoms with Crippen molar-refractivity contribution in [3.63, 3.8) is 0 Å². The van der Waals surface area contributed by atoms with Gasteiger partial charge in [0.1, 0.15) is 11.6 Å². The minimum atomic E-state index is -0.343. The standard InChI is InChI=1S/C24H27FN2O2/c1-18(2)17-26-24(28)19-10-11-23(29-15-7-14-27-12-5-6-13-27)21(16-19)20-8-3-4-9-22(20)25/h3-6,8-13,16,18H,7,14-15,17H2,1-2H3,(H,26,28). The summed E-state index contributed by atoms with van der Waals surface area (Å²) in [6.45, 7) is 6.01. The van der Waals surface area contributed by atoms with E-state index in [1.165, 1.54) is 6.07 Å². The van der Waals surface area contributed by atoms with Gasteiger partial charge >= 0.3 is 0 Å². The van der Waals surface area contributed by atoms with Crippen LogP contribution < -0.4 is 10.1 Å². The van der Waals surface area contributed by atoms with E-state index in [0.29, 0.717) is 41.5 Å². The first kappa shape index (κ1) is 20.6. The number of hydrogen-bond acceptors (Lipinski definition) is 2. The van der Waals surface area contributed by atoms with Crippen molar-refractivity contribution in [3.05, 3.63) is 78.4 Å². The van der Waals surface area contributed by atoms with Crippen molar-refractivity contribution in [2.24, 2.45) is 5.92 Å². The van der Waals surface area contributed by atoms with Crippen molar-refractivity contribution >= 4 is 5.91 Å². The summed E-state index contributed by atoms with van der Waals surface area (Å²) in [4.78, 5) is 12.5. The van der Waals surface area contributed by atoms with Crippen LogP contribution in [0.25, 0.3) is 11.1 Å². The summed E-state index contributed by atoms with van der Waals surface area (Å²) in [6, 6.07) is 15.7. The molecule has 3 aromatic rings. The molecular formula is C24H27FN2O2. The Morgan fingerprint density at radius 3 is 2.55 bits per heavy atom. The molecule has 0 spiro atoms. The lowest BCUT2D eigenvalue weighted by Gasteiger charge is -2.15. The Morgan fingerprint density at radius 1 is 1.07 bits per heavy atom. The van der Waals surface area contributed by atoms with Crippen molar-refractivity contribution in [3.8, 4) is 16.9 Å². The Kier molecular flexibility index (Phi) is 7.06. The van der Waals surface area contributed by atoms with Gasteiger partial charge in [0.2, 0.25) is 0 Å². The van der Waals surface area contributed by atoms with Crippen LogP contribution in [0.4, 0.5) is 4.39 Å². The van der Waals surface area contributed by atoms with Crippen LogP contribution in [0.3, 0.4) is 0 Å². The van der Waals surface area contributed by atoms with Gasteiger partial charge in [0, 0.05) is 42.2 Å². The number of ether oxygens (including phenoxy) is 1. The first-order chi connectivity index (χ1) is 14.0. The molecular weight excluding hydrogens is 367 g/mol.